The Kier molecular flexibility index (Phi) is 6.46. The highest BCUT2D eigenvalue weighted by molar-refractivity contribution is 7.90. The minimum Gasteiger partial charge on any atom is -0.352 e. The van der Waals surface area contributed by atoms with Crippen LogP contribution in [0.25, 0.3) is 10.9 Å². The van der Waals surface area contributed by atoms with Crippen LogP contribution in [0.4, 0.5) is 30.2 Å². The van der Waals surface area contributed by atoms with E-state index in [0.717, 1.165) is 16.4 Å². The number of halogens is 4. The molecule has 182 valence electrons. The third kappa shape index (κ3) is 4.56. The summed E-state index contributed by atoms with van der Waals surface area (Å²) in [4.78, 5) is 16.7. The molecule has 1 aromatic heterocycles. The van der Waals surface area contributed by atoms with Crippen LogP contribution in [0.3, 0.4) is 0 Å². The Morgan fingerprint density at radius 1 is 1.21 bits per heavy atom. The third-order valence-electron chi connectivity index (χ3n) is 5.39. The second kappa shape index (κ2) is 9.06. The van der Waals surface area contributed by atoms with Crippen molar-refractivity contribution in [3.63, 3.8) is 0 Å². The van der Waals surface area contributed by atoms with E-state index in [1.165, 1.54) is 10.9 Å². The predicted molar refractivity (Wildman–Crippen MR) is 121 cm³/mol. The summed E-state index contributed by atoms with van der Waals surface area (Å²) in [5, 5.41) is 2.90. The molecule has 2 N–H and O–H groups in total. The number of nitrogens with one attached hydrogen (secondary N) is 2. The molecule has 0 radical (unpaired) electrons. The molecule has 34 heavy (non-hydrogen) atoms. The molecule has 0 atom stereocenters. The molecule has 1 fully saturated rings. The maximum Gasteiger partial charge on any atom is 0.345 e. The molecule has 3 aromatic rings. The molecule has 2 heterocycles. The third-order valence-corrected chi connectivity index (χ3v) is 7.24. The van der Waals surface area contributed by atoms with Gasteiger partial charge in [-0.15, -0.1) is 0 Å². The van der Waals surface area contributed by atoms with Gasteiger partial charge < -0.3 is 14.6 Å². The maximum absolute atomic E-state index is 14.6. The Balaban J connectivity index is 1.61. The molecule has 1 aliphatic rings. The van der Waals surface area contributed by atoms with Crippen molar-refractivity contribution in [2.24, 2.45) is 7.05 Å². The van der Waals surface area contributed by atoms with E-state index in [-0.39, 0.29) is 35.0 Å². The average molecular weight is 518 g/mol. The Morgan fingerprint density at radius 3 is 2.56 bits per heavy atom. The number of hydrogen-bond acceptors (Lipinski definition) is 6. The molecule has 9 nitrogen and oxygen atoms in total. The molecule has 0 unspecified atom stereocenters. The smallest absolute Gasteiger partial charge is 0.345 e. The van der Waals surface area contributed by atoms with E-state index in [1.54, 1.807) is 26.1 Å². The van der Waals surface area contributed by atoms with Crippen molar-refractivity contribution in [1.82, 2.24) is 13.9 Å². The minimum atomic E-state index is -4.15. The topological polar surface area (TPSA) is 106 Å². The van der Waals surface area contributed by atoms with Crippen LogP contribution in [0.2, 0.25) is 5.02 Å². The molecule has 4 rings (SSSR count). The van der Waals surface area contributed by atoms with Gasteiger partial charge in [0.1, 0.15) is 5.82 Å². The SMILES string of the molecule is Cc1c(Nc2c(F)ccc(NS(=O)(=O)N3CC(OC(F)F)C3)c2Cl)ccc2ncn(C)c(=O)c12. The fraction of sp³-hybridized carbons (Fsp3) is 0.300. The largest absolute Gasteiger partial charge is 0.352 e. The molecule has 14 heteroatoms. The summed E-state index contributed by atoms with van der Waals surface area (Å²) >= 11 is 6.31. The quantitative estimate of drug-likeness (QED) is 0.498. The fourth-order valence-corrected chi connectivity index (χ4v) is 5.11. The number of ether oxygens (including phenoxy) is 1. The summed E-state index contributed by atoms with van der Waals surface area (Å²) < 4.78 is 73.0. The van der Waals surface area contributed by atoms with Gasteiger partial charge in [0, 0.05) is 25.8 Å². The van der Waals surface area contributed by atoms with E-state index in [9.17, 15) is 26.4 Å². The van der Waals surface area contributed by atoms with Crippen LogP contribution in [-0.4, -0.2) is 48.1 Å². The first-order chi connectivity index (χ1) is 16.0. The first-order valence-corrected chi connectivity index (χ1v) is 11.7. The molecule has 1 saturated heterocycles. The van der Waals surface area contributed by atoms with Gasteiger partial charge in [0.15, 0.2) is 0 Å². The van der Waals surface area contributed by atoms with Crippen LogP contribution >= 0.6 is 11.6 Å². The van der Waals surface area contributed by atoms with Crippen molar-refractivity contribution in [3.8, 4) is 0 Å². The maximum atomic E-state index is 14.6. The number of rotatable bonds is 7. The van der Waals surface area contributed by atoms with Gasteiger partial charge in [-0.3, -0.25) is 9.52 Å². The Morgan fingerprint density at radius 2 is 1.88 bits per heavy atom. The van der Waals surface area contributed by atoms with Gasteiger partial charge in [-0.1, -0.05) is 11.6 Å². The molecule has 0 bridgehead atoms. The van der Waals surface area contributed by atoms with Gasteiger partial charge >= 0.3 is 16.8 Å². The number of aromatic nitrogens is 2. The zero-order chi connectivity index (χ0) is 24.8. The molecule has 2 aromatic carbocycles. The zero-order valence-corrected chi connectivity index (χ0v) is 19.4. The first kappa shape index (κ1) is 24.3. The lowest BCUT2D eigenvalue weighted by atomic mass is 10.1. The van der Waals surface area contributed by atoms with Crippen LogP contribution in [-0.2, 0) is 22.0 Å². The highest BCUT2D eigenvalue weighted by Crippen LogP contribution is 2.37. The molecule has 1 aliphatic heterocycles. The summed E-state index contributed by atoms with van der Waals surface area (Å²) in [6.45, 7) is -1.86. The van der Waals surface area contributed by atoms with Crippen LogP contribution in [0, 0.1) is 12.7 Å². The van der Waals surface area contributed by atoms with E-state index < -0.39 is 28.7 Å². The van der Waals surface area contributed by atoms with E-state index in [1.807, 2.05) is 0 Å². The zero-order valence-electron chi connectivity index (χ0n) is 17.9. The van der Waals surface area contributed by atoms with Crippen LogP contribution in [0.5, 0.6) is 0 Å². The number of benzene rings is 2. The normalized spacial score (nSPS) is 15.0. The minimum absolute atomic E-state index is 0.125. The predicted octanol–water partition coefficient (Wildman–Crippen LogP) is 3.36. The van der Waals surface area contributed by atoms with Gasteiger partial charge in [-0.2, -0.15) is 21.5 Å². The summed E-state index contributed by atoms with van der Waals surface area (Å²) in [5.74, 6) is -0.763. The van der Waals surface area contributed by atoms with Crippen molar-refractivity contribution in [3.05, 3.63) is 57.3 Å². The number of anilines is 3. The molecule has 0 spiro atoms. The molecular weight excluding hydrogens is 499 g/mol. The lowest BCUT2D eigenvalue weighted by Crippen LogP contribution is -2.56. The molecular formula is C20H19ClF3N5O4S. The van der Waals surface area contributed by atoms with E-state index in [0.29, 0.717) is 22.2 Å². The number of alkyl halides is 2. The second-order valence-electron chi connectivity index (χ2n) is 7.64. The van der Waals surface area contributed by atoms with Crippen molar-refractivity contribution < 1.29 is 26.3 Å². The fourth-order valence-electron chi connectivity index (χ4n) is 3.50. The van der Waals surface area contributed by atoms with Crippen LogP contribution in [0.15, 0.2) is 35.4 Å². The van der Waals surface area contributed by atoms with E-state index in [2.05, 4.69) is 19.8 Å². The number of nitrogens with zero attached hydrogens (tertiary/aromatic N) is 3. The molecule has 0 amide bonds. The van der Waals surface area contributed by atoms with Gasteiger partial charge in [-0.25, -0.2) is 9.37 Å². The van der Waals surface area contributed by atoms with Gasteiger partial charge in [0.2, 0.25) is 0 Å². The lowest BCUT2D eigenvalue weighted by Gasteiger charge is -2.37. The standard InChI is InChI=1S/C20H19ClF3N5O4S/c1-10-13(5-6-14-16(10)19(30)28(2)9-25-14)26-18-12(22)3-4-15(17(18)21)27-34(31,32)29-7-11(8-29)33-20(23)24/h3-6,9,11,20,26-27H,7-8H2,1-2H3. The van der Waals surface area contributed by atoms with Crippen molar-refractivity contribution in [1.29, 1.82) is 0 Å². The average Bonchev–Trinajstić information content (AvgIpc) is 2.73. The summed E-state index contributed by atoms with van der Waals surface area (Å²) in [6, 6.07) is 5.34. The Hall–Kier alpha value is -2.87. The van der Waals surface area contributed by atoms with Gasteiger partial charge in [-0.05, 0) is 36.8 Å². The van der Waals surface area contributed by atoms with Crippen molar-refractivity contribution in [2.45, 2.75) is 19.6 Å². The highest BCUT2D eigenvalue weighted by Gasteiger charge is 2.38. The Labute approximate surface area is 197 Å². The summed E-state index contributed by atoms with van der Waals surface area (Å²) in [5.41, 5.74) is 0.699. The molecule has 0 aliphatic carbocycles. The number of fused-ring (bicyclic) bond motifs is 1. The lowest BCUT2D eigenvalue weighted by molar-refractivity contribution is -0.185. The number of aryl methyl sites for hydroxylation is 2. The summed E-state index contributed by atoms with van der Waals surface area (Å²) in [6.07, 6.45) is 0.471. The van der Waals surface area contributed by atoms with Gasteiger partial charge in [0.25, 0.3) is 5.56 Å². The van der Waals surface area contributed by atoms with Crippen LogP contribution in [0.1, 0.15) is 5.56 Å². The van der Waals surface area contributed by atoms with Crippen molar-refractivity contribution in [2.75, 3.05) is 23.1 Å². The van der Waals surface area contributed by atoms with E-state index in [4.69, 9.17) is 11.6 Å². The monoisotopic (exact) mass is 517 g/mol. The highest BCUT2D eigenvalue weighted by atomic mass is 35.5. The van der Waals surface area contributed by atoms with Gasteiger partial charge in [0.05, 0.1) is 39.7 Å². The van der Waals surface area contributed by atoms with E-state index >= 15 is 0 Å². The first-order valence-electron chi connectivity index (χ1n) is 9.89. The second-order valence-corrected chi connectivity index (χ2v) is 9.69. The number of hydrogen-bond donors (Lipinski definition) is 2. The summed E-state index contributed by atoms with van der Waals surface area (Å²) in [7, 11) is -2.59. The Bertz CT molecular complexity index is 1430. The van der Waals surface area contributed by atoms with Crippen molar-refractivity contribution >= 4 is 49.8 Å². The molecule has 0 saturated carbocycles. The van der Waals surface area contributed by atoms with Crippen LogP contribution < -0.4 is 15.6 Å².